The molecule has 0 aliphatic heterocycles. The number of nitrogens with two attached hydrogens (primary N) is 1. The fourth-order valence-electron chi connectivity index (χ4n) is 1.85. The Morgan fingerprint density at radius 3 is 2.38 bits per heavy atom. The van der Waals surface area contributed by atoms with Crippen LogP contribution in [0.2, 0.25) is 0 Å². The van der Waals surface area contributed by atoms with Gasteiger partial charge in [-0.2, -0.15) is 0 Å². The van der Waals surface area contributed by atoms with E-state index in [-0.39, 0.29) is 12.7 Å². The molecule has 16 heavy (non-hydrogen) atoms. The first-order chi connectivity index (χ1) is 7.58. The molecule has 1 aliphatic carbocycles. The van der Waals surface area contributed by atoms with Crippen molar-refractivity contribution in [3.05, 3.63) is 0 Å². The molecule has 0 bridgehead atoms. The van der Waals surface area contributed by atoms with Gasteiger partial charge in [-0.15, -0.1) is 0 Å². The van der Waals surface area contributed by atoms with Gasteiger partial charge in [0, 0.05) is 0 Å². The van der Waals surface area contributed by atoms with Crippen LogP contribution in [0.3, 0.4) is 0 Å². The lowest BCUT2D eigenvalue weighted by molar-refractivity contribution is -0.145. The number of hydrogen-bond acceptors (Lipinski definition) is 4. The number of carbonyl (C=O) groups is 2. The standard InChI is InChI=1S/C10H17NO5/c11-10(14)16-5-7-1-3-8(4-2-7)15-6-9(12)13/h7-8H,1-6H2,(H2,11,14)(H,12,13). The van der Waals surface area contributed by atoms with Crippen molar-refractivity contribution in [2.45, 2.75) is 31.8 Å². The highest BCUT2D eigenvalue weighted by molar-refractivity contribution is 5.68. The van der Waals surface area contributed by atoms with Gasteiger partial charge in [0.05, 0.1) is 12.7 Å². The Kier molecular flexibility index (Phi) is 5.04. The predicted molar refractivity (Wildman–Crippen MR) is 54.9 cm³/mol. The number of carboxylic acid groups (broad SMARTS) is 1. The molecule has 1 fully saturated rings. The molecule has 1 rings (SSSR count). The van der Waals surface area contributed by atoms with Crippen molar-refractivity contribution >= 4 is 12.1 Å². The summed E-state index contributed by atoms with van der Waals surface area (Å²) in [5.41, 5.74) is 4.87. The van der Waals surface area contributed by atoms with Crippen LogP contribution in [0.1, 0.15) is 25.7 Å². The Balaban J connectivity index is 2.13. The highest BCUT2D eigenvalue weighted by Crippen LogP contribution is 2.26. The van der Waals surface area contributed by atoms with Crippen molar-refractivity contribution in [3.63, 3.8) is 0 Å². The van der Waals surface area contributed by atoms with E-state index in [2.05, 4.69) is 0 Å². The molecule has 0 heterocycles. The van der Waals surface area contributed by atoms with Crippen molar-refractivity contribution in [2.75, 3.05) is 13.2 Å². The summed E-state index contributed by atoms with van der Waals surface area (Å²) < 4.78 is 9.90. The van der Waals surface area contributed by atoms with E-state index in [4.69, 9.17) is 20.3 Å². The van der Waals surface area contributed by atoms with Gasteiger partial charge in [-0.1, -0.05) is 0 Å². The third-order valence-electron chi connectivity index (χ3n) is 2.70. The normalized spacial score (nSPS) is 25.0. The highest BCUT2D eigenvalue weighted by atomic mass is 16.5. The fourth-order valence-corrected chi connectivity index (χ4v) is 1.85. The monoisotopic (exact) mass is 231 g/mol. The predicted octanol–water partition coefficient (Wildman–Crippen LogP) is 0.742. The quantitative estimate of drug-likeness (QED) is 0.727. The summed E-state index contributed by atoms with van der Waals surface area (Å²) in [6, 6.07) is 0. The van der Waals surface area contributed by atoms with E-state index in [1.54, 1.807) is 0 Å². The zero-order valence-corrected chi connectivity index (χ0v) is 9.05. The van der Waals surface area contributed by atoms with Gasteiger partial charge in [0.1, 0.15) is 6.61 Å². The lowest BCUT2D eigenvalue weighted by Crippen LogP contribution is -2.27. The largest absolute Gasteiger partial charge is 0.480 e. The van der Waals surface area contributed by atoms with Crippen molar-refractivity contribution in [1.82, 2.24) is 0 Å². The third kappa shape index (κ3) is 4.97. The van der Waals surface area contributed by atoms with Crippen LogP contribution in [0.4, 0.5) is 4.79 Å². The van der Waals surface area contributed by atoms with Crippen LogP contribution in [-0.2, 0) is 14.3 Å². The minimum absolute atomic E-state index is 0.0147. The second kappa shape index (κ2) is 6.32. The van der Waals surface area contributed by atoms with Crippen LogP contribution in [0.25, 0.3) is 0 Å². The van der Waals surface area contributed by atoms with Crippen molar-refractivity contribution < 1.29 is 24.2 Å². The minimum atomic E-state index is -0.945. The average Bonchev–Trinajstić information content (AvgIpc) is 2.25. The first kappa shape index (κ1) is 12.8. The van der Waals surface area contributed by atoms with Crippen LogP contribution in [0, 0.1) is 5.92 Å². The van der Waals surface area contributed by atoms with E-state index >= 15 is 0 Å². The summed E-state index contributed by atoms with van der Waals surface area (Å²) in [5, 5.41) is 8.45. The highest BCUT2D eigenvalue weighted by Gasteiger charge is 2.22. The number of carboxylic acids is 1. The van der Waals surface area contributed by atoms with Gasteiger partial charge >= 0.3 is 12.1 Å². The Morgan fingerprint density at radius 1 is 1.25 bits per heavy atom. The lowest BCUT2D eigenvalue weighted by atomic mass is 9.88. The molecule has 92 valence electrons. The molecule has 0 aromatic heterocycles. The first-order valence-corrected chi connectivity index (χ1v) is 5.33. The van der Waals surface area contributed by atoms with Crippen LogP contribution in [0.5, 0.6) is 0 Å². The Labute approximate surface area is 93.7 Å². The number of aliphatic carboxylic acids is 1. The van der Waals surface area contributed by atoms with Crippen molar-refractivity contribution in [1.29, 1.82) is 0 Å². The molecule has 1 saturated carbocycles. The Morgan fingerprint density at radius 2 is 1.88 bits per heavy atom. The van der Waals surface area contributed by atoms with Gasteiger partial charge < -0.3 is 20.3 Å². The van der Waals surface area contributed by atoms with Crippen molar-refractivity contribution in [3.8, 4) is 0 Å². The third-order valence-corrected chi connectivity index (χ3v) is 2.70. The zero-order valence-electron chi connectivity index (χ0n) is 9.05. The molecule has 0 aromatic carbocycles. The molecular formula is C10H17NO5. The molecule has 0 spiro atoms. The van der Waals surface area contributed by atoms with E-state index in [9.17, 15) is 9.59 Å². The molecular weight excluding hydrogens is 214 g/mol. The maximum atomic E-state index is 10.4. The van der Waals surface area contributed by atoms with E-state index in [1.165, 1.54) is 0 Å². The second-order valence-electron chi connectivity index (χ2n) is 3.98. The van der Waals surface area contributed by atoms with Gasteiger partial charge in [0.2, 0.25) is 0 Å². The summed E-state index contributed by atoms with van der Waals surface area (Å²) in [6.45, 7) is 0.105. The van der Waals surface area contributed by atoms with E-state index in [0.717, 1.165) is 25.7 Å². The van der Waals surface area contributed by atoms with Crippen LogP contribution >= 0.6 is 0 Å². The molecule has 0 unspecified atom stereocenters. The number of ether oxygens (including phenoxy) is 2. The number of carbonyl (C=O) groups excluding carboxylic acids is 1. The van der Waals surface area contributed by atoms with Gasteiger partial charge in [0.25, 0.3) is 0 Å². The maximum Gasteiger partial charge on any atom is 0.404 e. The van der Waals surface area contributed by atoms with Crippen LogP contribution in [0.15, 0.2) is 0 Å². The molecule has 1 aliphatic rings. The number of hydrogen-bond donors (Lipinski definition) is 2. The molecule has 0 saturated heterocycles. The van der Waals surface area contributed by atoms with Gasteiger partial charge in [-0.3, -0.25) is 0 Å². The Bertz CT molecular complexity index is 222. The molecule has 0 radical (unpaired) electrons. The SMILES string of the molecule is NC(=O)OCC1CCC(OCC(=O)O)CC1. The van der Waals surface area contributed by atoms with Crippen molar-refractivity contribution in [2.24, 2.45) is 11.7 Å². The van der Waals surface area contributed by atoms with Crippen LogP contribution in [-0.4, -0.2) is 36.5 Å². The summed E-state index contributed by atoms with van der Waals surface area (Å²) >= 11 is 0. The summed E-state index contributed by atoms with van der Waals surface area (Å²) in [4.78, 5) is 20.7. The summed E-state index contributed by atoms with van der Waals surface area (Å²) in [5.74, 6) is -0.628. The second-order valence-corrected chi connectivity index (χ2v) is 3.98. The number of amides is 1. The lowest BCUT2D eigenvalue weighted by Gasteiger charge is -2.27. The maximum absolute atomic E-state index is 10.4. The molecule has 3 N–H and O–H groups in total. The number of rotatable bonds is 5. The smallest absolute Gasteiger partial charge is 0.404 e. The molecule has 0 aromatic rings. The van der Waals surface area contributed by atoms with Gasteiger partial charge in [-0.25, -0.2) is 9.59 Å². The summed E-state index contributed by atoms with van der Waals surface area (Å²) in [7, 11) is 0. The molecule has 6 nitrogen and oxygen atoms in total. The Hall–Kier alpha value is -1.30. The average molecular weight is 231 g/mol. The topological polar surface area (TPSA) is 98.9 Å². The number of primary amides is 1. The first-order valence-electron chi connectivity index (χ1n) is 5.33. The zero-order chi connectivity index (χ0) is 12.0. The molecule has 0 atom stereocenters. The van der Waals surface area contributed by atoms with Gasteiger partial charge in [0.15, 0.2) is 0 Å². The fraction of sp³-hybridized carbons (Fsp3) is 0.800. The van der Waals surface area contributed by atoms with Crippen LogP contribution < -0.4 is 5.73 Å². The van der Waals surface area contributed by atoms with E-state index in [1.807, 2.05) is 0 Å². The molecule has 1 amide bonds. The van der Waals surface area contributed by atoms with E-state index < -0.39 is 12.1 Å². The summed E-state index contributed by atoms with van der Waals surface area (Å²) in [6.07, 6.45) is 2.63. The van der Waals surface area contributed by atoms with Gasteiger partial charge in [-0.05, 0) is 31.6 Å². The van der Waals surface area contributed by atoms with E-state index in [0.29, 0.717) is 12.5 Å². The minimum Gasteiger partial charge on any atom is -0.480 e. The molecule has 6 heteroatoms.